The molecule has 3 heteroatoms. The van der Waals surface area contributed by atoms with Crippen LogP contribution in [0.15, 0.2) is 42.6 Å². The molecule has 0 fully saturated rings. The molecular weight excluding hydrogens is 190 g/mol. The minimum Gasteiger partial charge on any atom is -0.449 e. The third kappa shape index (κ3) is 3.13. The summed E-state index contributed by atoms with van der Waals surface area (Å²) < 4.78 is 4.95. The molecule has 15 heavy (non-hydrogen) atoms. The van der Waals surface area contributed by atoms with E-state index in [1.165, 1.54) is 4.90 Å². The molecule has 0 aliphatic carbocycles. The van der Waals surface area contributed by atoms with Crippen LogP contribution in [-0.2, 0) is 4.74 Å². The van der Waals surface area contributed by atoms with Gasteiger partial charge in [-0.1, -0.05) is 24.3 Å². The van der Waals surface area contributed by atoms with Crippen molar-refractivity contribution in [3.8, 4) is 0 Å². The van der Waals surface area contributed by atoms with E-state index in [0.717, 1.165) is 5.69 Å². The molecule has 0 aliphatic heterocycles. The van der Waals surface area contributed by atoms with Gasteiger partial charge in [0.15, 0.2) is 0 Å². The number of hydrogen-bond acceptors (Lipinski definition) is 2. The second-order valence-corrected chi connectivity index (χ2v) is 2.89. The number of nitrogens with zero attached hydrogens (tertiary/aromatic N) is 1. The van der Waals surface area contributed by atoms with Crippen LogP contribution in [0, 0.1) is 0 Å². The van der Waals surface area contributed by atoms with Crippen LogP contribution in [0.5, 0.6) is 0 Å². The molecule has 0 spiro atoms. The first-order valence-corrected chi connectivity index (χ1v) is 4.93. The molecule has 0 N–H and O–H groups in total. The number of allylic oxidation sites excluding steroid dienone is 1. The van der Waals surface area contributed by atoms with Crippen molar-refractivity contribution < 1.29 is 9.53 Å². The normalized spacial score (nSPS) is 10.3. The van der Waals surface area contributed by atoms with Gasteiger partial charge in [0, 0.05) is 6.20 Å². The van der Waals surface area contributed by atoms with Gasteiger partial charge in [-0.25, -0.2) is 4.79 Å². The first-order valence-electron chi connectivity index (χ1n) is 4.93. The molecule has 1 aromatic rings. The molecular formula is C12H15NO2. The number of carbonyl (C=O) groups is 1. The fraction of sp³-hybridized carbons (Fsp3) is 0.250. The van der Waals surface area contributed by atoms with E-state index in [4.69, 9.17) is 4.74 Å². The Hall–Kier alpha value is -1.77. The number of hydrogen-bond donors (Lipinski definition) is 0. The van der Waals surface area contributed by atoms with Crippen molar-refractivity contribution >= 4 is 11.8 Å². The van der Waals surface area contributed by atoms with Crippen LogP contribution in [0.1, 0.15) is 13.8 Å². The van der Waals surface area contributed by atoms with Crippen molar-refractivity contribution in [1.82, 2.24) is 0 Å². The molecule has 0 saturated heterocycles. The number of anilines is 1. The van der Waals surface area contributed by atoms with Crippen molar-refractivity contribution in [2.75, 3.05) is 11.5 Å². The first kappa shape index (κ1) is 11.3. The van der Waals surface area contributed by atoms with Gasteiger partial charge < -0.3 is 4.74 Å². The van der Waals surface area contributed by atoms with Crippen LogP contribution in [0.25, 0.3) is 0 Å². The molecule has 1 aromatic carbocycles. The number of rotatable bonds is 3. The highest BCUT2D eigenvalue weighted by Gasteiger charge is 2.12. The summed E-state index contributed by atoms with van der Waals surface area (Å²) in [5, 5.41) is 0. The van der Waals surface area contributed by atoms with Crippen LogP contribution in [-0.4, -0.2) is 12.7 Å². The van der Waals surface area contributed by atoms with E-state index in [0.29, 0.717) is 6.61 Å². The van der Waals surface area contributed by atoms with Crippen LogP contribution in [0.2, 0.25) is 0 Å². The molecule has 0 aliphatic rings. The molecule has 0 heterocycles. The average Bonchev–Trinajstić information content (AvgIpc) is 2.27. The number of benzene rings is 1. The highest BCUT2D eigenvalue weighted by molar-refractivity contribution is 5.89. The van der Waals surface area contributed by atoms with Gasteiger partial charge in [-0.05, 0) is 26.0 Å². The Morgan fingerprint density at radius 3 is 2.60 bits per heavy atom. The van der Waals surface area contributed by atoms with E-state index < -0.39 is 0 Å². The van der Waals surface area contributed by atoms with Gasteiger partial charge in [-0.2, -0.15) is 0 Å². The van der Waals surface area contributed by atoms with E-state index in [1.54, 1.807) is 19.2 Å². The Kier molecular flexibility index (Phi) is 4.41. The van der Waals surface area contributed by atoms with E-state index >= 15 is 0 Å². The topological polar surface area (TPSA) is 29.5 Å². The lowest BCUT2D eigenvalue weighted by Gasteiger charge is -2.17. The van der Waals surface area contributed by atoms with E-state index in [2.05, 4.69) is 0 Å². The van der Waals surface area contributed by atoms with E-state index in [-0.39, 0.29) is 6.09 Å². The smallest absolute Gasteiger partial charge is 0.418 e. The van der Waals surface area contributed by atoms with Crippen molar-refractivity contribution in [2.24, 2.45) is 0 Å². The third-order valence-corrected chi connectivity index (χ3v) is 1.80. The monoisotopic (exact) mass is 205 g/mol. The summed E-state index contributed by atoms with van der Waals surface area (Å²) in [5.41, 5.74) is 0.800. The predicted octanol–water partition coefficient (Wildman–Crippen LogP) is 3.18. The maximum absolute atomic E-state index is 11.6. The van der Waals surface area contributed by atoms with Crippen LogP contribution in [0.4, 0.5) is 10.5 Å². The highest BCUT2D eigenvalue weighted by atomic mass is 16.6. The summed E-state index contributed by atoms with van der Waals surface area (Å²) in [5.74, 6) is 0. The van der Waals surface area contributed by atoms with Crippen molar-refractivity contribution in [1.29, 1.82) is 0 Å². The van der Waals surface area contributed by atoms with Crippen LogP contribution < -0.4 is 4.90 Å². The largest absolute Gasteiger partial charge is 0.449 e. The van der Waals surface area contributed by atoms with Crippen LogP contribution >= 0.6 is 0 Å². The Morgan fingerprint density at radius 2 is 2.07 bits per heavy atom. The average molecular weight is 205 g/mol. The lowest BCUT2D eigenvalue weighted by molar-refractivity contribution is 0.162. The van der Waals surface area contributed by atoms with Gasteiger partial charge in [-0.3, -0.25) is 4.90 Å². The molecule has 0 unspecified atom stereocenters. The summed E-state index contributed by atoms with van der Waals surface area (Å²) in [6.07, 6.45) is 3.12. The van der Waals surface area contributed by atoms with Gasteiger partial charge in [0.25, 0.3) is 0 Å². The van der Waals surface area contributed by atoms with E-state index in [1.807, 2.05) is 37.3 Å². The molecule has 0 bridgehead atoms. The van der Waals surface area contributed by atoms with Gasteiger partial charge in [0.2, 0.25) is 0 Å². The van der Waals surface area contributed by atoms with Crippen molar-refractivity contribution in [3.63, 3.8) is 0 Å². The second-order valence-electron chi connectivity index (χ2n) is 2.89. The summed E-state index contributed by atoms with van der Waals surface area (Å²) in [6, 6.07) is 9.38. The molecule has 0 aromatic heterocycles. The van der Waals surface area contributed by atoms with Gasteiger partial charge in [0.05, 0.1) is 12.3 Å². The molecule has 0 saturated carbocycles. The lowest BCUT2D eigenvalue weighted by atomic mass is 10.3. The van der Waals surface area contributed by atoms with Gasteiger partial charge >= 0.3 is 6.09 Å². The van der Waals surface area contributed by atoms with Crippen molar-refractivity contribution in [3.05, 3.63) is 42.6 Å². The highest BCUT2D eigenvalue weighted by Crippen LogP contribution is 2.14. The van der Waals surface area contributed by atoms with Gasteiger partial charge in [0.1, 0.15) is 0 Å². The lowest BCUT2D eigenvalue weighted by Crippen LogP contribution is -2.25. The first-order chi connectivity index (χ1) is 7.29. The fourth-order valence-electron chi connectivity index (χ4n) is 1.18. The van der Waals surface area contributed by atoms with E-state index in [9.17, 15) is 4.79 Å². The molecule has 0 atom stereocenters. The van der Waals surface area contributed by atoms with Crippen molar-refractivity contribution in [2.45, 2.75) is 13.8 Å². The quantitative estimate of drug-likeness (QED) is 0.758. The minimum atomic E-state index is -0.359. The SMILES string of the molecule is CC=CN(C(=O)OCC)c1ccccc1. The second kappa shape index (κ2) is 5.86. The molecule has 3 nitrogen and oxygen atoms in total. The fourth-order valence-corrected chi connectivity index (χ4v) is 1.18. The number of amides is 1. The summed E-state index contributed by atoms with van der Waals surface area (Å²) in [7, 11) is 0. The summed E-state index contributed by atoms with van der Waals surface area (Å²) in [6.45, 7) is 4.02. The summed E-state index contributed by atoms with van der Waals surface area (Å²) in [4.78, 5) is 13.1. The zero-order valence-corrected chi connectivity index (χ0v) is 9.01. The number of carbonyl (C=O) groups excluding carboxylic acids is 1. The Bertz CT molecular complexity index is 333. The standard InChI is InChI=1S/C12H15NO2/c1-3-10-13(12(14)15-4-2)11-8-6-5-7-9-11/h3,5-10H,4H2,1-2H3. The molecule has 1 rings (SSSR count). The maximum Gasteiger partial charge on any atom is 0.418 e. The molecule has 80 valence electrons. The zero-order valence-electron chi connectivity index (χ0n) is 9.01. The third-order valence-electron chi connectivity index (χ3n) is 1.80. The number of para-hydroxylation sites is 1. The molecule has 1 amide bonds. The zero-order chi connectivity index (χ0) is 11.1. The number of ether oxygens (including phenoxy) is 1. The molecule has 0 radical (unpaired) electrons. The predicted molar refractivity (Wildman–Crippen MR) is 60.8 cm³/mol. The Labute approximate surface area is 90.0 Å². The Balaban J connectivity index is 2.88. The van der Waals surface area contributed by atoms with Gasteiger partial charge in [-0.15, -0.1) is 0 Å². The maximum atomic E-state index is 11.6. The Morgan fingerprint density at radius 1 is 1.40 bits per heavy atom. The summed E-state index contributed by atoms with van der Waals surface area (Å²) >= 11 is 0. The minimum absolute atomic E-state index is 0.359. The van der Waals surface area contributed by atoms with Crippen LogP contribution in [0.3, 0.4) is 0 Å².